The van der Waals surface area contributed by atoms with Crippen LogP contribution in [0.1, 0.15) is 4.88 Å². The molecular weight excluding hydrogens is 352 g/mol. The van der Waals surface area contributed by atoms with Gasteiger partial charge in [-0.05, 0) is 45.6 Å². The Balaban J connectivity index is 1.68. The average Bonchev–Trinajstić information content (AvgIpc) is 3.11. The number of thiophene rings is 1. The molecule has 0 saturated heterocycles. The van der Waals surface area contributed by atoms with Gasteiger partial charge in [0.05, 0.1) is 6.54 Å². The van der Waals surface area contributed by atoms with Crippen LogP contribution in [0.2, 0.25) is 0 Å². The Kier molecular flexibility index (Phi) is 3.20. The third-order valence-corrected chi connectivity index (χ3v) is 5.01. The highest BCUT2D eigenvalue weighted by Crippen LogP contribution is 2.37. The van der Waals surface area contributed by atoms with Gasteiger partial charge in [0.2, 0.25) is 6.79 Å². The van der Waals surface area contributed by atoms with E-state index in [4.69, 9.17) is 9.47 Å². The van der Waals surface area contributed by atoms with E-state index in [0.717, 1.165) is 39.1 Å². The Morgan fingerprint density at radius 2 is 2.10 bits per heavy atom. The zero-order valence-electron chi connectivity index (χ0n) is 10.9. The van der Waals surface area contributed by atoms with Crippen LogP contribution >= 0.6 is 27.3 Å². The summed E-state index contributed by atoms with van der Waals surface area (Å²) in [7, 11) is 0. The average molecular weight is 363 g/mol. The van der Waals surface area contributed by atoms with Gasteiger partial charge in [0.15, 0.2) is 11.5 Å². The maximum Gasteiger partial charge on any atom is 0.231 e. The van der Waals surface area contributed by atoms with Crippen LogP contribution in [-0.4, -0.2) is 11.8 Å². The third kappa shape index (κ3) is 2.45. The summed E-state index contributed by atoms with van der Waals surface area (Å²) in [6.45, 7) is 1.03. The summed E-state index contributed by atoms with van der Waals surface area (Å²) in [5.74, 6) is 2.43. The smallest absolute Gasteiger partial charge is 0.231 e. The van der Waals surface area contributed by atoms with Crippen molar-refractivity contribution in [2.45, 2.75) is 6.54 Å². The molecule has 3 heterocycles. The molecule has 4 rings (SSSR count). The van der Waals surface area contributed by atoms with Gasteiger partial charge in [-0.2, -0.15) is 0 Å². The summed E-state index contributed by atoms with van der Waals surface area (Å²) in [4.78, 5) is 5.69. The highest BCUT2D eigenvalue weighted by molar-refractivity contribution is 9.10. The van der Waals surface area contributed by atoms with Gasteiger partial charge >= 0.3 is 0 Å². The van der Waals surface area contributed by atoms with Crippen LogP contribution in [-0.2, 0) is 6.54 Å². The Labute approximate surface area is 133 Å². The molecule has 2 aromatic heterocycles. The van der Waals surface area contributed by atoms with Gasteiger partial charge in [0, 0.05) is 26.3 Å². The number of halogens is 1. The topological polar surface area (TPSA) is 43.4 Å². The third-order valence-electron chi connectivity index (χ3n) is 3.31. The molecular formula is C15H11BrN2O2S. The normalized spacial score (nSPS) is 12.8. The van der Waals surface area contributed by atoms with Crippen molar-refractivity contribution in [3.05, 3.63) is 45.2 Å². The number of hydrogen-bond acceptors (Lipinski definition) is 5. The number of aromatic nitrogens is 1. The Bertz CT molecular complexity index is 819. The van der Waals surface area contributed by atoms with Crippen molar-refractivity contribution >= 4 is 43.9 Å². The molecule has 0 unspecified atom stereocenters. The molecule has 3 aromatic rings. The van der Waals surface area contributed by atoms with E-state index >= 15 is 0 Å². The lowest BCUT2D eigenvalue weighted by atomic mass is 10.1. The fourth-order valence-electron chi connectivity index (χ4n) is 2.32. The summed E-state index contributed by atoms with van der Waals surface area (Å²) >= 11 is 5.18. The number of fused-ring (bicyclic) bond motifs is 2. The van der Waals surface area contributed by atoms with Crippen LogP contribution in [0.25, 0.3) is 10.8 Å². The Morgan fingerprint density at radius 1 is 1.24 bits per heavy atom. The Hall–Kier alpha value is -1.79. The number of anilines is 1. The van der Waals surface area contributed by atoms with Crippen LogP contribution < -0.4 is 14.8 Å². The molecule has 6 heteroatoms. The van der Waals surface area contributed by atoms with Crippen LogP contribution in [0.5, 0.6) is 11.5 Å². The SMILES string of the molecule is Brc1csc(CNc2nccc3cc4c(cc23)OCO4)c1. The molecule has 1 aromatic carbocycles. The molecule has 1 N–H and O–H groups in total. The fourth-order valence-corrected chi connectivity index (χ4v) is 3.71. The minimum Gasteiger partial charge on any atom is -0.454 e. The molecule has 1 aliphatic rings. The zero-order chi connectivity index (χ0) is 14.2. The number of benzene rings is 1. The van der Waals surface area contributed by atoms with Crippen LogP contribution in [0.3, 0.4) is 0 Å². The molecule has 0 saturated carbocycles. The molecule has 1 aliphatic heterocycles. The standard InChI is InChI=1S/C15H11BrN2O2S/c16-10-4-11(21-7-10)6-18-15-12-5-14-13(19-8-20-14)3-9(12)1-2-17-15/h1-5,7H,6,8H2,(H,17,18). The Morgan fingerprint density at radius 3 is 2.90 bits per heavy atom. The first-order valence-electron chi connectivity index (χ1n) is 6.45. The predicted octanol–water partition coefficient (Wildman–Crippen LogP) is 4.40. The van der Waals surface area contributed by atoms with Crippen molar-refractivity contribution in [2.24, 2.45) is 0 Å². The number of nitrogens with one attached hydrogen (secondary N) is 1. The van der Waals surface area contributed by atoms with E-state index in [-0.39, 0.29) is 6.79 Å². The van der Waals surface area contributed by atoms with E-state index in [1.54, 1.807) is 17.5 Å². The predicted molar refractivity (Wildman–Crippen MR) is 87.2 cm³/mol. The number of hydrogen-bond donors (Lipinski definition) is 1. The van der Waals surface area contributed by atoms with Gasteiger partial charge in [0.1, 0.15) is 5.82 Å². The zero-order valence-corrected chi connectivity index (χ0v) is 13.3. The van der Waals surface area contributed by atoms with Gasteiger partial charge in [0.25, 0.3) is 0 Å². The van der Waals surface area contributed by atoms with Crippen LogP contribution in [0.4, 0.5) is 5.82 Å². The lowest BCUT2D eigenvalue weighted by Gasteiger charge is -2.08. The van der Waals surface area contributed by atoms with Crippen molar-refractivity contribution in [1.29, 1.82) is 0 Å². The number of ether oxygens (including phenoxy) is 2. The van der Waals surface area contributed by atoms with Crippen LogP contribution in [0, 0.1) is 0 Å². The summed E-state index contributed by atoms with van der Waals surface area (Å²) in [6, 6.07) is 8.06. The van der Waals surface area contributed by atoms with E-state index in [9.17, 15) is 0 Å². The summed E-state index contributed by atoms with van der Waals surface area (Å²) in [6.07, 6.45) is 1.80. The lowest BCUT2D eigenvalue weighted by Crippen LogP contribution is -2.00. The number of nitrogens with zero attached hydrogens (tertiary/aromatic N) is 1. The van der Waals surface area contributed by atoms with Gasteiger partial charge in [-0.3, -0.25) is 0 Å². The maximum absolute atomic E-state index is 5.45. The molecule has 0 bridgehead atoms. The number of rotatable bonds is 3. The first-order valence-corrected chi connectivity index (χ1v) is 8.12. The van der Waals surface area contributed by atoms with Crippen molar-refractivity contribution in [2.75, 3.05) is 12.1 Å². The summed E-state index contributed by atoms with van der Waals surface area (Å²) in [5.41, 5.74) is 0. The second-order valence-corrected chi connectivity index (χ2v) is 6.58. The van der Waals surface area contributed by atoms with Crippen molar-refractivity contribution in [3.63, 3.8) is 0 Å². The van der Waals surface area contributed by atoms with Crippen LogP contribution in [0.15, 0.2) is 40.3 Å². The van der Waals surface area contributed by atoms with Gasteiger partial charge < -0.3 is 14.8 Å². The van der Waals surface area contributed by atoms with Gasteiger partial charge in [-0.25, -0.2) is 4.98 Å². The first-order chi connectivity index (χ1) is 10.3. The van der Waals surface area contributed by atoms with Crippen molar-refractivity contribution < 1.29 is 9.47 Å². The minimum atomic E-state index is 0.283. The van der Waals surface area contributed by atoms with Crippen molar-refractivity contribution in [3.8, 4) is 11.5 Å². The van der Waals surface area contributed by atoms with Gasteiger partial charge in [-0.15, -0.1) is 11.3 Å². The van der Waals surface area contributed by atoms with E-state index < -0.39 is 0 Å². The maximum atomic E-state index is 5.45. The second kappa shape index (κ2) is 5.20. The minimum absolute atomic E-state index is 0.283. The van der Waals surface area contributed by atoms with E-state index in [1.165, 1.54) is 4.88 Å². The van der Waals surface area contributed by atoms with Gasteiger partial charge in [-0.1, -0.05) is 0 Å². The first kappa shape index (κ1) is 12.9. The van der Waals surface area contributed by atoms with E-state index in [2.05, 4.69) is 37.7 Å². The highest BCUT2D eigenvalue weighted by Gasteiger charge is 2.15. The largest absolute Gasteiger partial charge is 0.454 e. The molecule has 0 atom stereocenters. The second-order valence-electron chi connectivity index (χ2n) is 4.67. The molecule has 0 aliphatic carbocycles. The quantitative estimate of drug-likeness (QED) is 0.749. The highest BCUT2D eigenvalue weighted by atomic mass is 79.9. The molecule has 4 nitrogen and oxygen atoms in total. The van der Waals surface area contributed by atoms with E-state index in [0.29, 0.717) is 0 Å². The molecule has 0 spiro atoms. The lowest BCUT2D eigenvalue weighted by molar-refractivity contribution is 0.174. The molecule has 0 radical (unpaired) electrons. The molecule has 0 fully saturated rings. The van der Waals surface area contributed by atoms with E-state index in [1.807, 2.05) is 18.2 Å². The monoisotopic (exact) mass is 362 g/mol. The summed E-state index contributed by atoms with van der Waals surface area (Å²) < 4.78 is 12.0. The summed E-state index contributed by atoms with van der Waals surface area (Å²) in [5, 5.41) is 7.59. The molecule has 0 amide bonds. The molecule has 106 valence electrons. The fraction of sp³-hybridized carbons (Fsp3) is 0.133. The number of pyridine rings is 1. The molecule has 21 heavy (non-hydrogen) atoms. The van der Waals surface area contributed by atoms with Crippen molar-refractivity contribution in [1.82, 2.24) is 4.98 Å².